The lowest BCUT2D eigenvalue weighted by molar-refractivity contribution is -0.139. The first-order valence-electron chi connectivity index (χ1n) is 11.8. The lowest BCUT2D eigenvalue weighted by atomic mass is 9.97. The molecular formula is C30H23F7. The van der Waals surface area contributed by atoms with E-state index >= 15 is 0 Å². The molecule has 0 aliphatic heterocycles. The number of hydrogen-bond donors (Lipinski definition) is 0. The monoisotopic (exact) mass is 516 g/mol. The fourth-order valence-corrected chi connectivity index (χ4v) is 4.28. The van der Waals surface area contributed by atoms with Crippen molar-refractivity contribution in [3.63, 3.8) is 0 Å². The number of rotatable bonds is 7. The van der Waals surface area contributed by atoms with Crippen molar-refractivity contribution in [1.29, 1.82) is 0 Å². The summed E-state index contributed by atoms with van der Waals surface area (Å²) in [4.78, 5) is 0. The first-order valence-corrected chi connectivity index (χ1v) is 11.8. The molecule has 0 nitrogen and oxygen atoms in total. The molecular weight excluding hydrogens is 493 g/mol. The largest absolute Gasteiger partial charge is 0.419 e. The molecule has 0 aliphatic carbocycles. The minimum atomic E-state index is -4.83. The summed E-state index contributed by atoms with van der Waals surface area (Å²) in [6, 6.07) is 16.8. The van der Waals surface area contributed by atoms with E-state index in [9.17, 15) is 30.7 Å². The van der Waals surface area contributed by atoms with Crippen molar-refractivity contribution in [2.75, 3.05) is 0 Å². The first kappa shape index (κ1) is 26.5. The Hall–Kier alpha value is -3.61. The standard InChI is InChI=1S/C30H23F7/c1-2-3-21-11-14-24(29(34)28(21)33)20-9-6-18(7-10-20)4-5-19-8-13-23(26(31)16-19)22-12-15-25(27(32)17-22)30(35,36)37/h6-17H,2-5H2,1H3. The highest BCUT2D eigenvalue weighted by atomic mass is 19.4. The van der Waals surface area contributed by atoms with E-state index in [1.54, 1.807) is 42.5 Å². The van der Waals surface area contributed by atoms with Gasteiger partial charge in [0.25, 0.3) is 0 Å². The summed E-state index contributed by atoms with van der Waals surface area (Å²) in [5.74, 6) is -3.83. The third-order valence-corrected chi connectivity index (χ3v) is 6.27. The second-order valence-electron chi connectivity index (χ2n) is 8.85. The van der Waals surface area contributed by atoms with Crippen LogP contribution < -0.4 is 0 Å². The topological polar surface area (TPSA) is 0 Å². The van der Waals surface area contributed by atoms with Gasteiger partial charge >= 0.3 is 6.18 Å². The SMILES string of the molecule is CCCc1ccc(-c2ccc(CCc3ccc(-c4ccc(C(F)(F)F)c(F)c4)c(F)c3)cc2)c(F)c1F. The highest BCUT2D eigenvalue weighted by Crippen LogP contribution is 2.34. The van der Waals surface area contributed by atoms with Crippen LogP contribution in [0.1, 0.15) is 35.6 Å². The van der Waals surface area contributed by atoms with Crippen molar-refractivity contribution in [2.24, 2.45) is 0 Å². The Balaban J connectivity index is 1.45. The smallest absolute Gasteiger partial charge is 0.206 e. The number of halogens is 7. The summed E-state index contributed by atoms with van der Waals surface area (Å²) < 4.78 is 95.8. The Morgan fingerprint density at radius 1 is 0.568 bits per heavy atom. The summed E-state index contributed by atoms with van der Waals surface area (Å²) in [6.07, 6.45) is -2.64. The van der Waals surface area contributed by atoms with Crippen molar-refractivity contribution in [2.45, 2.75) is 38.8 Å². The first-order chi connectivity index (χ1) is 17.6. The van der Waals surface area contributed by atoms with E-state index in [0.29, 0.717) is 54.5 Å². The van der Waals surface area contributed by atoms with Crippen molar-refractivity contribution in [1.82, 2.24) is 0 Å². The highest BCUT2D eigenvalue weighted by Gasteiger charge is 2.34. The van der Waals surface area contributed by atoms with Crippen LogP contribution in [0.4, 0.5) is 30.7 Å². The molecule has 4 aromatic rings. The van der Waals surface area contributed by atoms with Crippen LogP contribution in [0, 0.1) is 23.3 Å². The molecule has 0 radical (unpaired) electrons. The maximum absolute atomic E-state index is 14.7. The van der Waals surface area contributed by atoms with Gasteiger partial charge in [-0.2, -0.15) is 13.2 Å². The summed E-state index contributed by atoms with van der Waals surface area (Å²) in [5.41, 5.74) is 1.24. The highest BCUT2D eigenvalue weighted by molar-refractivity contribution is 5.66. The lowest BCUT2D eigenvalue weighted by Crippen LogP contribution is -2.08. The zero-order valence-corrected chi connectivity index (χ0v) is 19.9. The maximum atomic E-state index is 14.7. The van der Waals surface area contributed by atoms with Crippen molar-refractivity contribution < 1.29 is 30.7 Å². The Kier molecular flexibility index (Phi) is 7.71. The molecule has 0 heterocycles. The van der Waals surface area contributed by atoms with Crippen LogP contribution in [0.3, 0.4) is 0 Å². The number of aryl methyl sites for hydroxylation is 3. The van der Waals surface area contributed by atoms with Gasteiger partial charge < -0.3 is 0 Å². The second kappa shape index (κ2) is 10.8. The summed E-state index contributed by atoms with van der Waals surface area (Å²) in [7, 11) is 0. The Morgan fingerprint density at radius 3 is 1.81 bits per heavy atom. The van der Waals surface area contributed by atoms with E-state index in [0.717, 1.165) is 11.6 Å². The Morgan fingerprint density at radius 2 is 1.19 bits per heavy atom. The molecule has 37 heavy (non-hydrogen) atoms. The third kappa shape index (κ3) is 5.87. The molecule has 0 fully saturated rings. The molecule has 7 heteroatoms. The average molecular weight is 517 g/mol. The lowest BCUT2D eigenvalue weighted by Gasteiger charge is -2.11. The number of benzene rings is 4. The van der Waals surface area contributed by atoms with Gasteiger partial charge in [-0.3, -0.25) is 0 Å². The van der Waals surface area contributed by atoms with Gasteiger partial charge in [0.1, 0.15) is 11.6 Å². The molecule has 0 spiro atoms. The van der Waals surface area contributed by atoms with Crippen LogP contribution in [0.2, 0.25) is 0 Å². The van der Waals surface area contributed by atoms with Crippen LogP contribution in [-0.2, 0) is 25.4 Å². The average Bonchev–Trinajstić information content (AvgIpc) is 2.85. The van der Waals surface area contributed by atoms with Gasteiger partial charge in [-0.05, 0) is 65.3 Å². The normalized spacial score (nSPS) is 11.7. The van der Waals surface area contributed by atoms with E-state index in [1.165, 1.54) is 12.1 Å². The molecule has 0 unspecified atom stereocenters. The molecule has 4 rings (SSSR count). The van der Waals surface area contributed by atoms with E-state index in [1.807, 2.05) is 6.92 Å². The number of hydrogen-bond acceptors (Lipinski definition) is 0. The zero-order chi connectivity index (χ0) is 26.7. The second-order valence-corrected chi connectivity index (χ2v) is 8.85. The van der Waals surface area contributed by atoms with Gasteiger partial charge in [0.2, 0.25) is 0 Å². The Labute approximate surface area is 210 Å². The minimum absolute atomic E-state index is 0.0000541. The predicted molar refractivity (Wildman–Crippen MR) is 130 cm³/mol. The fraction of sp³-hybridized carbons (Fsp3) is 0.200. The minimum Gasteiger partial charge on any atom is -0.206 e. The van der Waals surface area contributed by atoms with Gasteiger partial charge in [-0.25, -0.2) is 17.6 Å². The molecule has 192 valence electrons. The van der Waals surface area contributed by atoms with Gasteiger partial charge in [0, 0.05) is 11.1 Å². The predicted octanol–water partition coefficient (Wildman–Crippen LogP) is 9.33. The summed E-state index contributed by atoms with van der Waals surface area (Å²) in [6.45, 7) is 1.90. The van der Waals surface area contributed by atoms with Gasteiger partial charge in [0.15, 0.2) is 11.6 Å². The van der Waals surface area contributed by atoms with Crippen LogP contribution in [0.25, 0.3) is 22.3 Å². The van der Waals surface area contributed by atoms with Crippen molar-refractivity contribution in [3.05, 3.63) is 118 Å². The molecule has 0 atom stereocenters. The van der Waals surface area contributed by atoms with E-state index in [2.05, 4.69) is 0 Å². The summed E-state index contributed by atoms with van der Waals surface area (Å²) in [5, 5.41) is 0. The molecule has 0 saturated heterocycles. The van der Waals surface area contributed by atoms with Crippen molar-refractivity contribution >= 4 is 0 Å². The molecule has 0 bridgehead atoms. The number of alkyl halides is 3. The van der Waals surface area contributed by atoms with Crippen molar-refractivity contribution in [3.8, 4) is 22.3 Å². The molecule has 0 aromatic heterocycles. The molecule has 0 N–H and O–H groups in total. The molecule has 4 aromatic carbocycles. The fourth-order valence-electron chi connectivity index (χ4n) is 4.28. The molecule has 0 aliphatic rings. The van der Waals surface area contributed by atoms with Crippen LogP contribution in [-0.4, -0.2) is 0 Å². The third-order valence-electron chi connectivity index (χ3n) is 6.27. The zero-order valence-electron chi connectivity index (χ0n) is 19.9. The van der Waals surface area contributed by atoms with E-state index < -0.39 is 35.0 Å². The Bertz CT molecular complexity index is 1400. The van der Waals surface area contributed by atoms with E-state index in [4.69, 9.17) is 0 Å². The molecule has 0 saturated carbocycles. The quantitative estimate of drug-likeness (QED) is 0.215. The van der Waals surface area contributed by atoms with Crippen LogP contribution >= 0.6 is 0 Å². The summed E-state index contributed by atoms with van der Waals surface area (Å²) >= 11 is 0. The van der Waals surface area contributed by atoms with Crippen LogP contribution in [0.5, 0.6) is 0 Å². The van der Waals surface area contributed by atoms with Gasteiger partial charge in [-0.1, -0.05) is 67.9 Å². The van der Waals surface area contributed by atoms with Crippen LogP contribution in [0.15, 0.2) is 72.8 Å². The van der Waals surface area contributed by atoms with Gasteiger partial charge in [-0.15, -0.1) is 0 Å². The maximum Gasteiger partial charge on any atom is 0.419 e. The van der Waals surface area contributed by atoms with E-state index in [-0.39, 0.29) is 16.7 Å². The molecule has 0 amide bonds. The van der Waals surface area contributed by atoms with Gasteiger partial charge in [0.05, 0.1) is 5.56 Å².